The van der Waals surface area contributed by atoms with E-state index in [1.54, 1.807) is 12.5 Å². The number of carbonyl (C=O) groups excluding carboxylic acids is 2. The molecule has 3 aromatic rings. The summed E-state index contributed by atoms with van der Waals surface area (Å²) in [4.78, 5) is 32.1. The number of nitrogens with one attached hydrogen (secondary N) is 1. The fourth-order valence-electron chi connectivity index (χ4n) is 3.98. The van der Waals surface area contributed by atoms with Crippen molar-refractivity contribution in [1.82, 2.24) is 14.5 Å². The second-order valence-corrected chi connectivity index (χ2v) is 9.10. The number of aromatic nitrogens is 2. The third-order valence-electron chi connectivity index (χ3n) is 5.78. The van der Waals surface area contributed by atoms with Crippen LogP contribution in [0.2, 0.25) is 0 Å². The number of rotatable bonds is 7. The topological polar surface area (TPSA) is 91.0 Å². The average molecular weight is 448 g/mol. The molecular weight excluding hydrogens is 422 g/mol. The van der Waals surface area contributed by atoms with Gasteiger partial charge in [0.25, 0.3) is 0 Å². The molecule has 0 spiro atoms. The highest BCUT2D eigenvalue weighted by molar-refractivity contribution is 7.16. The van der Waals surface area contributed by atoms with E-state index in [9.17, 15) is 14.9 Å². The number of hydrogen-bond donors (Lipinski definition) is 1. The van der Waals surface area contributed by atoms with Gasteiger partial charge in [0.2, 0.25) is 11.8 Å². The Bertz CT molecular complexity index is 1130. The number of nitriles is 1. The Morgan fingerprint density at radius 2 is 2.12 bits per heavy atom. The van der Waals surface area contributed by atoms with Crippen molar-refractivity contribution in [2.24, 2.45) is 0 Å². The Balaban J connectivity index is 1.40. The van der Waals surface area contributed by atoms with Crippen LogP contribution in [-0.2, 0) is 29.1 Å². The summed E-state index contributed by atoms with van der Waals surface area (Å²) in [7, 11) is 0. The first-order valence-electron chi connectivity index (χ1n) is 10.7. The molecule has 1 aromatic carbocycles. The van der Waals surface area contributed by atoms with Crippen LogP contribution in [0.4, 0.5) is 5.00 Å². The van der Waals surface area contributed by atoms with Gasteiger partial charge in [-0.05, 0) is 23.5 Å². The minimum atomic E-state index is -0.107. The van der Waals surface area contributed by atoms with Crippen molar-refractivity contribution in [2.75, 3.05) is 11.9 Å². The first kappa shape index (κ1) is 21.8. The lowest BCUT2D eigenvalue weighted by Crippen LogP contribution is -2.35. The predicted molar refractivity (Wildman–Crippen MR) is 123 cm³/mol. The average Bonchev–Trinajstić information content (AvgIpc) is 3.44. The Labute approximate surface area is 191 Å². The SMILES string of the molecule is C[C@H](CC(=O)Nc1sc2c(c1C#N)CCN(C(=O)CCn1ccnc1)C2)c1ccccc1. The quantitative estimate of drug-likeness (QED) is 0.594. The number of amides is 2. The molecule has 1 aliphatic heterocycles. The molecule has 0 fully saturated rings. The lowest BCUT2D eigenvalue weighted by atomic mass is 9.97. The third-order valence-corrected chi connectivity index (χ3v) is 6.91. The van der Waals surface area contributed by atoms with Crippen molar-refractivity contribution in [1.29, 1.82) is 5.26 Å². The van der Waals surface area contributed by atoms with E-state index in [2.05, 4.69) is 16.4 Å². The highest BCUT2D eigenvalue weighted by atomic mass is 32.1. The Morgan fingerprint density at radius 3 is 2.84 bits per heavy atom. The molecule has 1 atom stereocenters. The van der Waals surface area contributed by atoms with Gasteiger partial charge in [0.15, 0.2) is 0 Å². The van der Waals surface area contributed by atoms with E-state index in [1.165, 1.54) is 11.3 Å². The molecule has 0 unspecified atom stereocenters. The molecule has 0 aliphatic carbocycles. The smallest absolute Gasteiger partial charge is 0.225 e. The highest BCUT2D eigenvalue weighted by Crippen LogP contribution is 2.37. The maximum atomic E-state index is 12.7. The molecule has 32 heavy (non-hydrogen) atoms. The van der Waals surface area contributed by atoms with Crippen molar-refractivity contribution >= 4 is 28.2 Å². The summed E-state index contributed by atoms with van der Waals surface area (Å²) < 4.78 is 1.89. The van der Waals surface area contributed by atoms with Crippen LogP contribution in [0.3, 0.4) is 0 Å². The molecule has 164 valence electrons. The predicted octanol–water partition coefficient (Wildman–Crippen LogP) is 3.92. The molecule has 2 amide bonds. The number of nitrogens with zero attached hydrogens (tertiary/aromatic N) is 4. The van der Waals surface area contributed by atoms with Gasteiger partial charge in [-0.15, -0.1) is 11.3 Å². The van der Waals surface area contributed by atoms with Crippen molar-refractivity contribution < 1.29 is 9.59 Å². The van der Waals surface area contributed by atoms with Crippen molar-refractivity contribution in [3.63, 3.8) is 0 Å². The van der Waals surface area contributed by atoms with Crippen molar-refractivity contribution in [3.05, 3.63) is 70.6 Å². The number of carbonyl (C=O) groups is 2. The first-order chi connectivity index (χ1) is 15.5. The van der Waals surface area contributed by atoms with E-state index in [-0.39, 0.29) is 17.7 Å². The van der Waals surface area contributed by atoms with Crippen LogP contribution in [0.1, 0.15) is 47.3 Å². The number of imidazole rings is 1. The van der Waals surface area contributed by atoms with Gasteiger partial charge in [-0.1, -0.05) is 37.3 Å². The fourth-order valence-corrected chi connectivity index (χ4v) is 5.21. The molecule has 4 rings (SSSR count). The summed E-state index contributed by atoms with van der Waals surface area (Å²) in [6.07, 6.45) is 6.62. The molecule has 0 radical (unpaired) electrons. The van der Waals surface area contributed by atoms with Crippen LogP contribution >= 0.6 is 11.3 Å². The Kier molecular flexibility index (Phi) is 6.66. The van der Waals surface area contributed by atoms with Crippen LogP contribution in [0, 0.1) is 11.3 Å². The number of fused-ring (bicyclic) bond motifs is 1. The Hall–Kier alpha value is -3.44. The lowest BCUT2D eigenvalue weighted by Gasteiger charge is -2.27. The standard InChI is InChI=1S/C24H25N5O2S/c1-17(18-5-3-2-4-6-18)13-22(30)27-24-20(14-25)19-7-11-29(15-21(19)32-24)23(31)8-10-28-12-9-26-16-28/h2-6,9,12,16-17H,7-8,10-11,13,15H2,1H3,(H,27,30)/t17-/m1/s1. The van der Waals surface area contributed by atoms with Gasteiger partial charge < -0.3 is 14.8 Å². The molecule has 1 N–H and O–H groups in total. The molecule has 2 aromatic heterocycles. The third kappa shape index (κ3) is 4.89. The lowest BCUT2D eigenvalue weighted by molar-refractivity contribution is -0.132. The molecule has 7 nitrogen and oxygen atoms in total. The molecule has 0 saturated heterocycles. The van der Waals surface area contributed by atoms with Crippen LogP contribution in [0.15, 0.2) is 49.1 Å². The van der Waals surface area contributed by atoms with E-state index in [0.29, 0.717) is 49.5 Å². The van der Waals surface area contributed by atoms with Gasteiger partial charge in [0.1, 0.15) is 11.1 Å². The molecule has 0 saturated carbocycles. The zero-order chi connectivity index (χ0) is 22.5. The second kappa shape index (κ2) is 9.79. The van der Waals surface area contributed by atoms with E-state index >= 15 is 0 Å². The summed E-state index contributed by atoms with van der Waals surface area (Å²) in [5, 5.41) is 13.3. The summed E-state index contributed by atoms with van der Waals surface area (Å²) in [6.45, 7) is 3.68. The molecule has 1 aliphatic rings. The van der Waals surface area contributed by atoms with E-state index in [0.717, 1.165) is 16.0 Å². The van der Waals surface area contributed by atoms with Gasteiger partial charge in [0.05, 0.1) is 18.4 Å². The minimum Gasteiger partial charge on any atom is -0.337 e. The van der Waals surface area contributed by atoms with Crippen LogP contribution < -0.4 is 5.32 Å². The second-order valence-electron chi connectivity index (χ2n) is 8.00. The van der Waals surface area contributed by atoms with E-state index in [1.807, 2.05) is 52.9 Å². The van der Waals surface area contributed by atoms with Crippen LogP contribution in [-0.4, -0.2) is 32.8 Å². The summed E-state index contributed by atoms with van der Waals surface area (Å²) in [5.74, 6) is 0.0585. The maximum absolute atomic E-state index is 12.7. The van der Waals surface area contributed by atoms with Crippen LogP contribution in [0.5, 0.6) is 0 Å². The minimum absolute atomic E-state index is 0.0820. The molecule has 0 bridgehead atoms. The molecular formula is C24H25N5O2S. The zero-order valence-electron chi connectivity index (χ0n) is 18.0. The number of hydrogen-bond acceptors (Lipinski definition) is 5. The largest absolute Gasteiger partial charge is 0.337 e. The van der Waals surface area contributed by atoms with Crippen molar-refractivity contribution in [2.45, 2.75) is 45.2 Å². The summed E-state index contributed by atoms with van der Waals surface area (Å²) in [6, 6.07) is 12.2. The molecule has 3 heterocycles. The van der Waals surface area contributed by atoms with E-state index in [4.69, 9.17) is 0 Å². The van der Waals surface area contributed by atoms with Gasteiger partial charge in [-0.25, -0.2) is 4.98 Å². The number of thiophene rings is 1. The van der Waals surface area contributed by atoms with Crippen molar-refractivity contribution in [3.8, 4) is 6.07 Å². The Morgan fingerprint density at radius 1 is 1.31 bits per heavy atom. The summed E-state index contributed by atoms with van der Waals surface area (Å²) in [5.41, 5.74) is 2.61. The van der Waals surface area contributed by atoms with Gasteiger partial charge in [-0.2, -0.15) is 5.26 Å². The van der Waals surface area contributed by atoms with Gasteiger partial charge in [0, 0.05) is 43.2 Å². The number of anilines is 1. The normalized spacial score (nSPS) is 13.8. The zero-order valence-corrected chi connectivity index (χ0v) is 18.8. The van der Waals surface area contributed by atoms with Gasteiger partial charge >= 0.3 is 0 Å². The summed E-state index contributed by atoms with van der Waals surface area (Å²) >= 11 is 1.41. The number of aryl methyl sites for hydroxylation is 1. The van der Waals surface area contributed by atoms with E-state index < -0.39 is 0 Å². The highest BCUT2D eigenvalue weighted by Gasteiger charge is 2.27. The van der Waals surface area contributed by atoms with Crippen LogP contribution in [0.25, 0.3) is 0 Å². The number of benzene rings is 1. The first-order valence-corrected chi connectivity index (χ1v) is 11.5. The van der Waals surface area contributed by atoms with Gasteiger partial charge in [-0.3, -0.25) is 9.59 Å². The fraction of sp³-hybridized carbons (Fsp3) is 0.333. The maximum Gasteiger partial charge on any atom is 0.225 e. The molecule has 8 heteroatoms. The monoisotopic (exact) mass is 447 g/mol.